The van der Waals surface area contributed by atoms with Gasteiger partial charge in [-0.3, -0.25) is 10.2 Å². The van der Waals surface area contributed by atoms with Crippen LogP contribution < -0.4 is 25.6 Å². The van der Waals surface area contributed by atoms with Gasteiger partial charge < -0.3 is 19.9 Å². The molecule has 0 atom stereocenters. The number of hydrogen-bond acceptors (Lipinski definition) is 6. The zero-order valence-electron chi connectivity index (χ0n) is 17.1. The largest absolute Gasteiger partial charge is 0.504 e. The summed E-state index contributed by atoms with van der Waals surface area (Å²) in [6.07, 6.45) is 1.86. The van der Waals surface area contributed by atoms with E-state index in [4.69, 9.17) is 9.47 Å². The lowest BCUT2D eigenvalue weighted by molar-refractivity contribution is 0.0928. The molecule has 1 aromatic heterocycles. The Labute approximate surface area is 178 Å². The Bertz CT molecular complexity index is 1050. The van der Waals surface area contributed by atoms with Gasteiger partial charge in [0.25, 0.3) is 5.91 Å². The number of methoxy groups -OCH3 is 2. The average molecular weight is 425 g/mol. The number of benzene rings is 2. The summed E-state index contributed by atoms with van der Waals surface area (Å²) in [4.78, 5) is 24.2. The number of urea groups is 1. The first-order valence-electron chi connectivity index (χ1n) is 9.41. The second-order valence-corrected chi connectivity index (χ2v) is 6.42. The lowest BCUT2D eigenvalue weighted by atomic mass is 10.1. The zero-order valence-corrected chi connectivity index (χ0v) is 17.1. The van der Waals surface area contributed by atoms with Gasteiger partial charge in [-0.15, -0.1) is 0 Å². The van der Waals surface area contributed by atoms with Crippen molar-refractivity contribution in [2.45, 2.75) is 6.42 Å². The Morgan fingerprint density at radius 3 is 2.48 bits per heavy atom. The number of nitrogens with one attached hydrogen (secondary N) is 3. The number of hydrogen-bond donors (Lipinski definition) is 4. The number of hydrazine groups is 1. The van der Waals surface area contributed by atoms with E-state index < -0.39 is 11.9 Å². The standard InChI is InChI=1S/C21H23N5O5/c1-30-17-9-8-14(12-18(17)31-2)10-11-22-21(29)24-23-20(28)19-16(27)13-26(25-19)15-6-4-3-5-7-15/h3-9,12-13,27H,10-11H2,1-2H3,(H,23,28)(H2,22,24,29). The highest BCUT2D eigenvalue weighted by Gasteiger charge is 2.17. The molecule has 0 aliphatic carbocycles. The molecule has 0 aliphatic heterocycles. The van der Waals surface area contributed by atoms with Crippen LogP contribution in [0.1, 0.15) is 16.1 Å². The molecule has 0 spiro atoms. The van der Waals surface area contributed by atoms with E-state index in [1.807, 2.05) is 30.3 Å². The Kier molecular flexibility index (Phi) is 6.94. The molecule has 10 nitrogen and oxygen atoms in total. The molecule has 31 heavy (non-hydrogen) atoms. The minimum atomic E-state index is -0.748. The number of carbonyl (C=O) groups is 2. The Morgan fingerprint density at radius 1 is 1.03 bits per heavy atom. The number of para-hydroxylation sites is 1. The highest BCUT2D eigenvalue weighted by Crippen LogP contribution is 2.27. The number of carbonyl (C=O) groups excluding carboxylic acids is 2. The van der Waals surface area contributed by atoms with Gasteiger partial charge in [0.15, 0.2) is 22.9 Å². The van der Waals surface area contributed by atoms with Gasteiger partial charge in [0, 0.05) is 6.54 Å². The number of amides is 3. The van der Waals surface area contributed by atoms with Crippen LogP contribution in [-0.2, 0) is 6.42 Å². The van der Waals surface area contributed by atoms with Crippen LogP contribution in [0.5, 0.6) is 17.2 Å². The first-order valence-corrected chi connectivity index (χ1v) is 9.41. The van der Waals surface area contributed by atoms with Crippen molar-refractivity contribution in [1.82, 2.24) is 25.9 Å². The number of nitrogens with zero attached hydrogens (tertiary/aromatic N) is 2. The molecule has 0 radical (unpaired) electrons. The van der Waals surface area contributed by atoms with E-state index in [9.17, 15) is 14.7 Å². The van der Waals surface area contributed by atoms with E-state index >= 15 is 0 Å². The van der Waals surface area contributed by atoms with Gasteiger partial charge >= 0.3 is 6.03 Å². The summed E-state index contributed by atoms with van der Waals surface area (Å²) in [7, 11) is 3.11. The molecule has 0 fully saturated rings. The highest BCUT2D eigenvalue weighted by molar-refractivity contribution is 5.95. The van der Waals surface area contributed by atoms with Crippen LogP contribution in [0.15, 0.2) is 54.7 Å². The summed E-state index contributed by atoms with van der Waals surface area (Å²) in [5.41, 5.74) is 5.85. The van der Waals surface area contributed by atoms with Gasteiger partial charge in [0.2, 0.25) is 0 Å². The minimum absolute atomic E-state index is 0.213. The first-order chi connectivity index (χ1) is 15.0. The Balaban J connectivity index is 1.48. The maximum absolute atomic E-state index is 12.2. The molecular weight excluding hydrogens is 402 g/mol. The fourth-order valence-electron chi connectivity index (χ4n) is 2.81. The highest BCUT2D eigenvalue weighted by atomic mass is 16.5. The predicted molar refractivity (Wildman–Crippen MR) is 112 cm³/mol. The fourth-order valence-corrected chi connectivity index (χ4v) is 2.81. The summed E-state index contributed by atoms with van der Waals surface area (Å²) < 4.78 is 11.8. The van der Waals surface area contributed by atoms with Crippen molar-refractivity contribution in [3.8, 4) is 22.9 Å². The molecule has 2 aromatic carbocycles. The summed E-state index contributed by atoms with van der Waals surface area (Å²) in [6.45, 7) is 0.324. The van der Waals surface area contributed by atoms with Gasteiger partial charge in [0.05, 0.1) is 26.1 Å². The summed E-state index contributed by atoms with van der Waals surface area (Å²) in [5, 5.41) is 16.7. The second kappa shape index (κ2) is 10.0. The SMILES string of the molecule is COc1ccc(CCNC(=O)NNC(=O)c2nn(-c3ccccc3)cc2O)cc1OC. The van der Waals surface area contributed by atoms with Crippen molar-refractivity contribution in [3.63, 3.8) is 0 Å². The van der Waals surface area contributed by atoms with E-state index in [-0.39, 0.29) is 11.4 Å². The minimum Gasteiger partial charge on any atom is -0.504 e. The monoisotopic (exact) mass is 425 g/mol. The van der Waals surface area contributed by atoms with Gasteiger partial charge in [-0.25, -0.2) is 14.9 Å². The molecule has 0 saturated heterocycles. The number of rotatable bonds is 7. The number of aromatic nitrogens is 2. The van der Waals surface area contributed by atoms with Crippen LogP contribution in [0.2, 0.25) is 0 Å². The Hall–Kier alpha value is -4.21. The molecule has 3 amide bonds. The molecule has 0 unspecified atom stereocenters. The third kappa shape index (κ3) is 5.44. The summed E-state index contributed by atoms with van der Waals surface area (Å²) in [6, 6.07) is 13.9. The summed E-state index contributed by atoms with van der Waals surface area (Å²) >= 11 is 0. The Morgan fingerprint density at radius 2 is 1.77 bits per heavy atom. The predicted octanol–water partition coefficient (Wildman–Crippen LogP) is 1.78. The van der Waals surface area contributed by atoms with Crippen molar-refractivity contribution in [3.05, 3.63) is 66.0 Å². The quantitative estimate of drug-likeness (QED) is 0.428. The van der Waals surface area contributed by atoms with Crippen molar-refractivity contribution in [2.24, 2.45) is 0 Å². The van der Waals surface area contributed by atoms with Gasteiger partial charge in [-0.2, -0.15) is 5.10 Å². The van der Waals surface area contributed by atoms with Gasteiger partial charge in [-0.1, -0.05) is 24.3 Å². The van der Waals surface area contributed by atoms with E-state index in [1.54, 1.807) is 32.4 Å². The number of ether oxygens (including phenoxy) is 2. The molecule has 0 saturated carbocycles. The van der Waals surface area contributed by atoms with Gasteiger partial charge in [0.1, 0.15) is 0 Å². The van der Waals surface area contributed by atoms with Crippen molar-refractivity contribution < 1.29 is 24.2 Å². The average Bonchev–Trinajstić information content (AvgIpc) is 3.19. The van der Waals surface area contributed by atoms with Crippen molar-refractivity contribution in [1.29, 1.82) is 0 Å². The topological polar surface area (TPSA) is 127 Å². The van der Waals surface area contributed by atoms with E-state index in [1.165, 1.54) is 10.9 Å². The molecule has 162 valence electrons. The van der Waals surface area contributed by atoms with Crippen LogP contribution in [0.3, 0.4) is 0 Å². The van der Waals surface area contributed by atoms with Gasteiger partial charge in [-0.05, 0) is 36.2 Å². The molecule has 3 aromatic rings. The van der Waals surface area contributed by atoms with E-state index in [0.29, 0.717) is 30.2 Å². The third-order valence-corrected chi connectivity index (χ3v) is 4.37. The zero-order chi connectivity index (χ0) is 22.2. The van der Waals surface area contributed by atoms with Crippen LogP contribution in [-0.4, -0.2) is 47.6 Å². The second-order valence-electron chi connectivity index (χ2n) is 6.42. The molecular formula is C21H23N5O5. The molecule has 10 heteroatoms. The van der Waals surface area contributed by atoms with Crippen LogP contribution in [0.25, 0.3) is 5.69 Å². The van der Waals surface area contributed by atoms with E-state index in [2.05, 4.69) is 21.3 Å². The fraction of sp³-hybridized carbons (Fsp3) is 0.190. The lowest BCUT2D eigenvalue weighted by Crippen LogP contribution is -2.47. The normalized spacial score (nSPS) is 10.3. The van der Waals surface area contributed by atoms with Crippen LogP contribution in [0, 0.1) is 0 Å². The first kappa shape index (κ1) is 21.5. The number of aromatic hydroxyl groups is 1. The van der Waals surface area contributed by atoms with Crippen LogP contribution in [0.4, 0.5) is 4.79 Å². The third-order valence-electron chi connectivity index (χ3n) is 4.37. The van der Waals surface area contributed by atoms with Crippen LogP contribution >= 0.6 is 0 Å². The van der Waals surface area contributed by atoms with E-state index in [0.717, 1.165) is 5.56 Å². The van der Waals surface area contributed by atoms with Crippen molar-refractivity contribution >= 4 is 11.9 Å². The summed E-state index contributed by atoms with van der Waals surface area (Å²) in [5.74, 6) is 0.170. The maximum atomic E-state index is 12.2. The maximum Gasteiger partial charge on any atom is 0.333 e. The molecule has 0 aliphatic rings. The lowest BCUT2D eigenvalue weighted by Gasteiger charge is -2.11. The molecule has 1 heterocycles. The smallest absolute Gasteiger partial charge is 0.333 e. The molecule has 3 rings (SSSR count). The molecule has 4 N–H and O–H groups in total. The molecule has 0 bridgehead atoms. The van der Waals surface area contributed by atoms with Crippen molar-refractivity contribution in [2.75, 3.05) is 20.8 Å².